The van der Waals surface area contributed by atoms with E-state index in [-0.39, 0.29) is 11.4 Å². The highest BCUT2D eigenvalue weighted by Crippen LogP contribution is 2.20. The molecule has 0 aliphatic rings. The third kappa shape index (κ3) is 7.22. The molecule has 0 atom stereocenters. The molecule has 0 unspecified atom stereocenters. The Bertz CT molecular complexity index is 1310. The van der Waals surface area contributed by atoms with E-state index in [0.29, 0.717) is 16.1 Å². The quantitative estimate of drug-likeness (QED) is 0.266. The summed E-state index contributed by atoms with van der Waals surface area (Å²) in [6, 6.07) is 19.5. The minimum Gasteiger partial charge on any atom is -0.465 e. The number of halogens is 1. The van der Waals surface area contributed by atoms with E-state index in [4.69, 9.17) is 11.6 Å². The third-order valence-electron chi connectivity index (χ3n) is 4.99. The zero-order valence-electron chi connectivity index (χ0n) is 19.1. The van der Waals surface area contributed by atoms with Crippen molar-refractivity contribution >= 4 is 39.7 Å². The number of carbonyl (C=O) groups is 2. The predicted octanol–water partition coefficient (Wildman–Crippen LogP) is 3.78. The van der Waals surface area contributed by atoms with Crippen LogP contribution in [0.5, 0.6) is 0 Å². The van der Waals surface area contributed by atoms with E-state index >= 15 is 0 Å². The van der Waals surface area contributed by atoms with Crippen LogP contribution in [0.1, 0.15) is 27.0 Å². The zero-order valence-corrected chi connectivity index (χ0v) is 20.7. The van der Waals surface area contributed by atoms with Gasteiger partial charge < -0.3 is 4.74 Å². The lowest BCUT2D eigenvalue weighted by Gasteiger charge is -2.21. The first-order valence-electron chi connectivity index (χ1n) is 10.5. The fourth-order valence-corrected chi connectivity index (χ4v) is 4.59. The number of hydrogen-bond donors (Lipinski definition) is 1. The molecule has 3 rings (SSSR count). The smallest absolute Gasteiger partial charge is 0.337 e. The Morgan fingerprint density at radius 1 is 1.00 bits per heavy atom. The second-order valence-corrected chi connectivity index (χ2v) is 9.99. The number of hydrogen-bond acceptors (Lipinski definition) is 6. The standard InChI is InChI=1S/C25H24ClN3O5S/c1-18-3-5-20(6-4-18)16-29(35(32,33)23-13-11-22(26)12-14-23)17-24(30)28-27-15-19-7-9-21(10-8-19)25(31)34-2/h3-15H,16-17H2,1-2H3,(H,28,30)/b27-15-. The van der Waals surface area contributed by atoms with Gasteiger partial charge in [0.05, 0.1) is 30.3 Å². The lowest BCUT2D eigenvalue weighted by molar-refractivity contribution is -0.121. The minimum absolute atomic E-state index is 0.00261. The van der Waals surface area contributed by atoms with Gasteiger partial charge in [0.15, 0.2) is 0 Å². The van der Waals surface area contributed by atoms with Crippen LogP contribution in [0.25, 0.3) is 0 Å². The van der Waals surface area contributed by atoms with Crippen molar-refractivity contribution in [3.8, 4) is 0 Å². The number of amides is 1. The summed E-state index contributed by atoms with van der Waals surface area (Å²) >= 11 is 5.90. The SMILES string of the molecule is COC(=O)c1ccc(/C=N\NC(=O)CN(Cc2ccc(C)cc2)S(=O)(=O)c2ccc(Cl)cc2)cc1. The average molecular weight is 514 g/mol. The molecule has 0 spiro atoms. The lowest BCUT2D eigenvalue weighted by atomic mass is 10.1. The van der Waals surface area contributed by atoms with Crippen molar-refractivity contribution in [2.24, 2.45) is 5.10 Å². The number of benzene rings is 3. The predicted molar refractivity (Wildman–Crippen MR) is 134 cm³/mol. The van der Waals surface area contributed by atoms with Gasteiger partial charge in [0, 0.05) is 11.6 Å². The second kappa shape index (κ2) is 11.7. The van der Waals surface area contributed by atoms with Crippen molar-refractivity contribution in [3.05, 3.63) is 100 Å². The Labute approximate surface area is 209 Å². The first-order chi connectivity index (χ1) is 16.7. The summed E-state index contributed by atoms with van der Waals surface area (Å²) in [6.07, 6.45) is 1.39. The maximum absolute atomic E-state index is 13.3. The molecule has 0 saturated carbocycles. The van der Waals surface area contributed by atoms with Crippen LogP contribution in [0.15, 0.2) is 82.8 Å². The van der Waals surface area contributed by atoms with Gasteiger partial charge in [0.25, 0.3) is 5.91 Å². The monoisotopic (exact) mass is 513 g/mol. The number of aryl methyl sites for hydroxylation is 1. The highest BCUT2D eigenvalue weighted by atomic mass is 35.5. The van der Waals surface area contributed by atoms with Crippen molar-refractivity contribution in [2.45, 2.75) is 18.4 Å². The molecule has 3 aromatic carbocycles. The topological polar surface area (TPSA) is 105 Å². The molecule has 0 bridgehead atoms. The van der Waals surface area contributed by atoms with Crippen LogP contribution in [0, 0.1) is 6.92 Å². The molecule has 182 valence electrons. The Balaban J connectivity index is 1.74. The van der Waals surface area contributed by atoms with E-state index in [9.17, 15) is 18.0 Å². The van der Waals surface area contributed by atoms with Gasteiger partial charge in [-0.1, -0.05) is 53.6 Å². The Morgan fingerprint density at radius 2 is 1.63 bits per heavy atom. The van der Waals surface area contributed by atoms with Crippen LogP contribution in [-0.2, 0) is 26.1 Å². The number of methoxy groups -OCH3 is 1. The lowest BCUT2D eigenvalue weighted by Crippen LogP contribution is -2.39. The van der Waals surface area contributed by atoms with Crippen LogP contribution in [0.4, 0.5) is 0 Å². The maximum Gasteiger partial charge on any atom is 0.337 e. The van der Waals surface area contributed by atoms with E-state index in [1.165, 1.54) is 37.6 Å². The summed E-state index contributed by atoms with van der Waals surface area (Å²) in [5, 5.41) is 4.30. The van der Waals surface area contributed by atoms with Gasteiger partial charge in [-0.2, -0.15) is 9.41 Å². The Morgan fingerprint density at radius 3 is 2.23 bits per heavy atom. The molecule has 35 heavy (non-hydrogen) atoms. The summed E-state index contributed by atoms with van der Waals surface area (Å²) in [6.45, 7) is 1.48. The van der Waals surface area contributed by atoms with Crippen molar-refractivity contribution in [2.75, 3.05) is 13.7 Å². The summed E-state index contributed by atoms with van der Waals surface area (Å²) in [4.78, 5) is 24.1. The molecule has 0 aromatic heterocycles. The van der Waals surface area contributed by atoms with Crippen LogP contribution in [0.3, 0.4) is 0 Å². The largest absolute Gasteiger partial charge is 0.465 e. The number of rotatable bonds is 9. The van der Waals surface area contributed by atoms with Crippen molar-refractivity contribution in [1.82, 2.24) is 9.73 Å². The van der Waals surface area contributed by atoms with Gasteiger partial charge in [0.1, 0.15) is 0 Å². The first kappa shape index (κ1) is 26.1. The number of ether oxygens (including phenoxy) is 1. The molecular formula is C25H24ClN3O5S. The summed E-state index contributed by atoms with van der Waals surface area (Å²) in [5.41, 5.74) is 5.13. The molecule has 1 N–H and O–H groups in total. The maximum atomic E-state index is 13.3. The number of nitrogens with zero attached hydrogens (tertiary/aromatic N) is 2. The number of hydrazone groups is 1. The van der Waals surface area contributed by atoms with Crippen molar-refractivity contribution in [3.63, 3.8) is 0 Å². The molecule has 10 heteroatoms. The molecule has 8 nitrogen and oxygen atoms in total. The van der Waals surface area contributed by atoms with E-state index in [2.05, 4.69) is 15.3 Å². The fraction of sp³-hybridized carbons (Fsp3) is 0.160. The van der Waals surface area contributed by atoms with Gasteiger partial charge in [0.2, 0.25) is 10.0 Å². The van der Waals surface area contributed by atoms with E-state index in [1.807, 2.05) is 31.2 Å². The number of nitrogens with one attached hydrogen (secondary N) is 1. The fourth-order valence-electron chi connectivity index (χ4n) is 3.08. The summed E-state index contributed by atoms with van der Waals surface area (Å²) in [5.74, 6) is -1.07. The minimum atomic E-state index is -4.00. The van der Waals surface area contributed by atoms with Crippen molar-refractivity contribution in [1.29, 1.82) is 0 Å². The van der Waals surface area contributed by atoms with Gasteiger partial charge in [-0.15, -0.1) is 0 Å². The molecule has 0 aliphatic heterocycles. The molecule has 1 amide bonds. The number of esters is 1. The second-order valence-electron chi connectivity index (χ2n) is 7.62. The normalized spacial score (nSPS) is 11.5. The zero-order chi connectivity index (χ0) is 25.4. The number of carbonyl (C=O) groups excluding carboxylic acids is 2. The Hall–Kier alpha value is -3.53. The van der Waals surface area contributed by atoms with Crippen LogP contribution >= 0.6 is 11.6 Å². The van der Waals surface area contributed by atoms with Gasteiger partial charge in [-0.25, -0.2) is 18.6 Å². The van der Waals surface area contributed by atoms with Gasteiger partial charge >= 0.3 is 5.97 Å². The molecule has 0 aliphatic carbocycles. The van der Waals surface area contributed by atoms with E-state index in [1.54, 1.807) is 24.3 Å². The Kier molecular flexibility index (Phi) is 8.75. The van der Waals surface area contributed by atoms with Crippen LogP contribution in [0.2, 0.25) is 5.02 Å². The van der Waals surface area contributed by atoms with E-state index in [0.717, 1.165) is 15.4 Å². The molecule has 3 aromatic rings. The molecule has 0 fully saturated rings. The van der Waals surface area contributed by atoms with Gasteiger partial charge in [-0.3, -0.25) is 4.79 Å². The average Bonchev–Trinajstić information content (AvgIpc) is 2.85. The molecule has 0 heterocycles. The number of sulfonamides is 1. The molecule has 0 saturated heterocycles. The highest BCUT2D eigenvalue weighted by Gasteiger charge is 2.27. The highest BCUT2D eigenvalue weighted by molar-refractivity contribution is 7.89. The molecule has 0 radical (unpaired) electrons. The third-order valence-corrected chi connectivity index (χ3v) is 7.04. The van der Waals surface area contributed by atoms with Crippen molar-refractivity contribution < 1.29 is 22.7 Å². The first-order valence-corrected chi connectivity index (χ1v) is 12.3. The summed E-state index contributed by atoms with van der Waals surface area (Å²) in [7, 11) is -2.70. The van der Waals surface area contributed by atoms with Gasteiger partial charge in [-0.05, 0) is 54.4 Å². The van der Waals surface area contributed by atoms with Crippen LogP contribution in [-0.4, -0.2) is 44.5 Å². The molecular weight excluding hydrogens is 490 g/mol. The summed E-state index contributed by atoms with van der Waals surface area (Å²) < 4.78 is 32.3. The van der Waals surface area contributed by atoms with Crippen LogP contribution < -0.4 is 5.43 Å². The van der Waals surface area contributed by atoms with E-state index < -0.39 is 28.4 Å².